The van der Waals surface area contributed by atoms with Crippen LogP contribution >= 0.6 is 31.9 Å². The lowest BCUT2D eigenvalue weighted by molar-refractivity contribution is -0.146. The van der Waals surface area contributed by atoms with E-state index in [1.165, 1.54) is 12.7 Å². The number of aromatic hydroxyl groups is 1. The maximum atomic E-state index is 13.1. The summed E-state index contributed by atoms with van der Waals surface area (Å²) in [5.41, 5.74) is 3.07. The molecule has 4 aliphatic heterocycles. The van der Waals surface area contributed by atoms with Gasteiger partial charge in [-0.25, -0.2) is 9.59 Å². The highest BCUT2D eigenvalue weighted by Gasteiger charge is 2.33. The molecule has 312 valence electrons. The number of para-hydroxylation sites is 1. The molecule has 2 N–H and O–H groups in total. The van der Waals surface area contributed by atoms with Crippen LogP contribution in [0.1, 0.15) is 63.5 Å². The van der Waals surface area contributed by atoms with Gasteiger partial charge in [0.1, 0.15) is 5.75 Å². The first-order valence-corrected chi connectivity index (χ1v) is 21.6. The monoisotopic (exact) mass is 918 g/mol. The van der Waals surface area contributed by atoms with E-state index in [2.05, 4.69) is 48.1 Å². The third kappa shape index (κ3) is 12.1. The molecule has 3 saturated heterocycles. The molecule has 0 unspecified atom stereocenters. The summed E-state index contributed by atoms with van der Waals surface area (Å²) in [7, 11) is 1.40. The highest BCUT2D eigenvalue weighted by atomic mass is 79.9. The van der Waals surface area contributed by atoms with Gasteiger partial charge in [0.15, 0.2) is 0 Å². The summed E-state index contributed by atoms with van der Waals surface area (Å²) in [5.74, 6) is -0.116. The number of hydrogen-bond donors (Lipinski definition) is 2. The van der Waals surface area contributed by atoms with Crippen LogP contribution in [0, 0.1) is 5.92 Å². The largest absolute Gasteiger partial charge is 0.506 e. The lowest BCUT2D eigenvalue weighted by Gasteiger charge is -2.43. The molecule has 0 aromatic heterocycles. The van der Waals surface area contributed by atoms with Crippen molar-refractivity contribution in [2.24, 2.45) is 5.92 Å². The summed E-state index contributed by atoms with van der Waals surface area (Å²) in [6.07, 6.45) is 4.98. The molecule has 6 rings (SSSR count). The number of anilines is 1. The molecular formula is C41H56Br2N6O8. The van der Waals surface area contributed by atoms with Gasteiger partial charge < -0.3 is 39.5 Å². The van der Waals surface area contributed by atoms with Crippen LogP contribution in [0.2, 0.25) is 0 Å². The van der Waals surface area contributed by atoms with Gasteiger partial charge in [-0.2, -0.15) is 0 Å². The third-order valence-corrected chi connectivity index (χ3v) is 12.5. The SMILES string of the molecule is CCOC(=O)CCC(=O)N1CCN(C2CCN(C(=O)[C@H](C)Cc3cc(Br)c(O)c(Br)c3)CC2)CC1.COC(=O)N1CCC(N2CCc3ccccc3NC2=O)CC1. The highest BCUT2D eigenvalue weighted by Crippen LogP contribution is 2.34. The number of piperazine rings is 1. The number of esters is 1. The van der Waals surface area contributed by atoms with Gasteiger partial charge >= 0.3 is 18.1 Å². The number of likely N-dealkylation sites (tertiary alicyclic amines) is 2. The number of carbonyl (C=O) groups excluding carboxylic acids is 5. The number of amides is 5. The number of ether oxygens (including phenoxy) is 2. The molecule has 3 fully saturated rings. The molecule has 0 spiro atoms. The first-order valence-electron chi connectivity index (χ1n) is 20.0. The van der Waals surface area contributed by atoms with Crippen molar-refractivity contribution < 1.29 is 38.6 Å². The molecule has 0 radical (unpaired) electrons. The minimum absolute atomic E-state index is 0.0137. The Morgan fingerprint density at radius 3 is 2.09 bits per heavy atom. The number of fused-ring (bicyclic) bond motifs is 1. The van der Waals surface area contributed by atoms with Crippen LogP contribution in [-0.4, -0.2) is 144 Å². The molecule has 1 atom stereocenters. The molecule has 2 aromatic rings. The van der Waals surface area contributed by atoms with E-state index in [1.54, 1.807) is 11.8 Å². The number of piperidine rings is 2. The van der Waals surface area contributed by atoms with Gasteiger partial charge in [0.05, 0.1) is 29.1 Å². The molecule has 5 amide bonds. The van der Waals surface area contributed by atoms with Crippen LogP contribution in [-0.2, 0) is 36.7 Å². The first-order chi connectivity index (χ1) is 27.4. The number of nitrogens with one attached hydrogen (secondary N) is 1. The number of carbonyl (C=O) groups is 5. The minimum Gasteiger partial charge on any atom is -0.506 e. The number of benzene rings is 2. The predicted octanol–water partition coefficient (Wildman–Crippen LogP) is 5.88. The van der Waals surface area contributed by atoms with Crippen molar-refractivity contribution in [1.29, 1.82) is 0 Å². The standard InChI is InChI=1S/C25H35Br2N3O5.C16H21N3O3/c1-3-35-23(32)5-4-22(31)29-12-10-28(11-13-29)19-6-8-30(9-7-19)25(34)17(2)14-18-15-20(26)24(33)21(27)16-18;1-22-16(21)18-9-7-13(8-10-18)19-11-6-12-4-2-3-5-14(12)17-15(19)20/h15-17,19,33H,3-14H2,1-2H3;2-5,13H,6-11H2,1H3,(H,17,20)/t17-;/m1./s1. The Bertz CT molecular complexity index is 1700. The zero-order valence-electron chi connectivity index (χ0n) is 33.2. The third-order valence-electron chi connectivity index (χ3n) is 11.3. The van der Waals surface area contributed by atoms with Crippen molar-refractivity contribution >= 4 is 67.5 Å². The Hall–Kier alpha value is -3.89. The van der Waals surface area contributed by atoms with E-state index in [9.17, 15) is 29.1 Å². The number of urea groups is 1. The van der Waals surface area contributed by atoms with E-state index in [4.69, 9.17) is 9.47 Å². The second-order valence-electron chi connectivity index (χ2n) is 15.0. The van der Waals surface area contributed by atoms with E-state index >= 15 is 0 Å². The number of halogens is 2. The van der Waals surface area contributed by atoms with E-state index in [0.29, 0.717) is 60.7 Å². The Labute approximate surface area is 352 Å². The Kier molecular flexibility index (Phi) is 16.5. The van der Waals surface area contributed by atoms with E-state index < -0.39 is 0 Å². The normalized spacial score (nSPS) is 18.7. The van der Waals surface area contributed by atoms with Crippen molar-refractivity contribution in [2.75, 3.05) is 77.9 Å². The van der Waals surface area contributed by atoms with Crippen LogP contribution in [0.5, 0.6) is 5.75 Å². The molecule has 14 nitrogen and oxygen atoms in total. The number of nitrogens with zero attached hydrogens (tertiary/aromatic N) is 5. The number of rotatable bonds is 9. The van der Waals surface area contributed by atoms with Gasteiger partial charge in [-0.15, -0.1) is 0 Å². The number of phenolic OH excluding ortho intramolecular Hbond substituents is 1. The van der Waals surface area contributed by atoms with Crippen molar-refractivity contribution in [3.8, 4) is 5.75 Å². The van der Waals surface area contributed by atoms with Gasteiger partial charge in [0.2, 0.25) is 11.8 Å². The van der Waals surface area contributed by atoms with Crippen molar-refractivity contribution in [2.45, 2.75) is 77.3 Å². The molecule has 57 heavy (non-hydrogen) atoms. The summed E-state index contributed by atoms with van der Waals surface area (Å²) < 4.78 is 10.9. The van der Waals surface area contributed by atoms with Crippen molar-refractivity contribution in [3.05, 3.63) is 56.5 Å². The lowest BCUT2D eigenvalue weighted by Crippen LogP contribution is -2.55. The Morgan fingerprint density at radius 2 is 1.46 bits per heavy atom. The van der Waals surface area contributed by atoms with Crippen molar-refractivity contribution in [1.82, 2.24) is 24.5 Å². The average Bonchev–Trinajstić information content (AvgIpc) is 3.39. The van der Waals surface area contributed by atoms with Gasteiger partial charge in [0.25, 0.3) is 0 Å². The smallest absolute Gasteiger partial charge is 0.409 e. The predicted molar refractivity (Wildman–Crippen MR) is 223 cm³/mol. The maximum Gasteiger partial charge on any atom is 0.409 e. The molecule has 0 saturated carbocycles. The quantitative estimate of drug-likeness (QED) is 0.294. The molecule has 0 bridgehead atoms. The molecule has 4 aliphatic rings. The zero-order valence-corrected chi connectivity index (χ0v) is 36.4. The average molecular weight is 921 g/mol. The van der Waals surface area contributed by atoms with Gasteiger partial charge in [-0.1, -0.05) is 25.1 Å². The second-order valence-corrected chi connectivity index (χ2v) is 16.7. The van der Waals surface area contributed by atoms with E-state index in [0.717, 1.165) is 69.5 Å². The zero-order chi connectivity index (χ0) is 41.1. The van der Waals surface area contributed by atoms with Gasteiger partial charge in [0, 0.05) is 89.0 Å². The highest BCUT2D eigenvalue weighted by molar-refractivity contribution is 9.11. The van der Waals surface area contributed by atoms with Crippen molar-refractivity contribution in [3.63, 3.8) is 0 Å². The second kappa shape index (κ2) is 21.2. The van der Waals surface area contributed by atoms with Gasteiger partial charge in [-0.3, -0.25) is 19.3 Å². The van der Waals surface area contributed by atoms with Crippen LogP contribution in [0.3, 0.4) is 0 Å². The topological polar surface area (TPSA) is 152 Å². The fraction of sp³-hybridized carbons (Fsp3) is 0.585. The molecule has 16 heteroatoms. The van der Waals surface area contributed by atoms with Crippen LogP contribution < -0.4 is 5.32 Å². The molecule has 4 heterocycles. The summed E-state index contributed by atoms with van der Waals surface area (Å²) in [6.45, 7) is 10.5. The van der Waals surface area contributed by atoms with Crippen LogP contribution in [0.15, 0.2) is 45.3 Å². The molecule has 0 aliphatic carbocycles. The summed E-state index contributed by atoms with van der Waals surface area (Å²) in [5, 5.41) is 12.9. The number of methoxy groups -OCH3 is 1. The number of hydrogen-bond acceptors (Lipinski definition) is 9. The van der Waals surface area contributed by atoms with E-state index in [-0.39, 0.29) is 60.5 Å². The Balaban J connectivity index is 0.000000241. The number of phenols is 1. The molecular weight excluding hydrogens is 864 g/mol. The fourth-order valence-electron chi connectivity index (χ4n) is 8.10. The first kappa shape index (κ1) is 44.2. The summed E-state index contributed by atoms with van der Waals surface area (Å²) >= 11 is 6.71. The van der Waals surface area contributed by atoms with Gasteiger partial charge in [-0.05, 0) is 107 Å². The maximum absolute atomic E-state index is 13.1. The lowest BCUT2D eigenvalue weighted by atomic mass is 9.97. The Morgan fingerprint density at radius 1 is 0.842 bits per heavy atom. The molecule has 2 aromatic carbocycles. The van der Waals surface area contributed by atoms with E-state index in [1.807, 2.05) is 52.0 Å². The minimum atomic E-state index is -0.320. The van der Waals surface area contributed by atoms with Crippen LogP contribution in [0.4, 0.5) is 15.3 Å². The summed E-state index contributed by atoms with van der Waals surface area (Å²) in [6, 6.07) is 12.2. The fourth-order valence-corrected chi connectivity index (χ4v) is 9.39. The van der Waals surface area contributed by atoms with Crippen LogP contribution in [0.25, 0.3) is 0 Å². The summed E-state index contributed by atoms with van der Waals surface area (Å²) in [4.78, 5) is 70.8.